The Morgan fingerprint density at radius 3 is 2.68 bits per heavy atom. The van der Waals surface area contributed by atoms with E-state index in [0.717, 1.165) is 36.6 Å². The first kappa shape index (κ1) is 26.3. The Kier molecular flexibility index (Phi) is 7.86. The molecule has 12 heteroatoms. The molecule has 1 aliphatic rings. The minimum Gasteiger partial charge on any atom is -0.493 e. The van der Waals surface area contributed by atoms with Gasteiger partial charge in [0.15, 0.2) is 11.9 Å². The van der Waals surface area contributed by atoms with Gasteiger partial charge < -0.3 is 14.6 Å². The first-order chi connectivity index (χ1) is 17.7. The Bertz CT molecular complexity index is 1450. The van der Waals surface area contributed by atoms with Crippen LogP contribution >= 0.6 is 15.9 Å². The third kappa shape index (κ3) is 5.63. The number of benzene rings is 2. The van der Waals surface area contributed by atoms with Crippen LogP contribution in [-0.4, -0.2) is 45.1 Å². The average molecular weight is 573 g/mol. The van der Waals surface area contributed by atoms with Gasteiger partial charge in [0, 0.05) is 22.0 Å². The van der Waals surface area contributed by atoms with E-state index in [0.29, 0.717) is 16.7 Å². The Morgan fingerprint density at radius 2 is 2.03 bits per heavy atom. The molecule has 0 radical (unpaired) electrons. The van der Waals surface area contributed by atoms with Crippen LogP contribution in [0.3, 0.4) is 0 Å². The normalized spacial score (nSPS) is 15.1. The SMILES string of the molecule is COc1cc(C=Nn2c(C3CCCCC3)nc3ccc(Br)cc3c2=O)cc([N+](=O)[O-])c1O[C@@H](C)C(=O)O. The van der Waals surface area contributed by atoms with E-state index in [1.54, 1.807) is 12.1 Å². The van der Waals surface area contributed by atoms with Crippen molar-refractivity contribution in [3.05, 3.63) is 66.7 Å². The highest BCUT2D eigenvalue weighted by Gasteiger charge is 2.27. The zero-order valence-corrected chi connectivity index (χ0v) is 21.8. The highest BCUT2D eigenvalue weighted by molar-refractivity contribution is 9.10. The van der Waals surface area contributed by atoms with Gasteiger partial charge in [0.05, 0.1) is 29.2 Å². The molecule has 1 fully saturated rings. The third-order valence-corrected chi connectivity index (χ3v) is 6.74. The molecule has 2 aromatic carbocycles. The molecule has 1 aliphatic carbocycles. The van der Waals surface area contributed by atoms with Crippen LogP contribution in [0.5, 0.6) is 11.5 Å². The van der Waals surface area contributed by atoms with Crippen molar-refractivity contribution >= 4 is 44.7 Å². The molecule has 0 spiro atoms. The van der Waals surface area contributed by atoms with Gasteiger partial charge >= 0.3 is 11.7 Å². The second kappa shape index (κ2) is 11.1. The van der Waals surface area contributed by atoms with Gasteiger partial charge in [-0.1, -0.05) is 35.2 Å². The van der Waals surface area contributed by atoms with Gasteiger partial charge in [-0.2, -0.15) is 9.78 Å². The van der Waals surface area contributed by atoms with Gasteiger partial charge in [0.2, 0.25) is 5.75 Å². The quantitative estimate of drug-likeness (QED) is 0.229. The number of nitro benzene ring substituents is 1. The van der Waals surface area contributed by atoms with Gasteiger partial charge in [0.25, 0.3) is 5.56 Å². The molecule has 4 rings (SSSR count). The molecule has 0 aliphatic heterocycles. The predicted molar refractivity (Wildman–Crippen MR) is 140 cm³/mol. The highest BCUT2D eigenvalue weighted by Crippen LogP contribution is 2.39. The van der Waals surface area contributed by atoms with E-state index in [2.05, 4.69) is 21.0 Å². The fourth-order valence-electron chi connectivity index (χ4n) is 4.34. The summed E-state index contributed by atoms with van der Waals surface area (Å²) < 4.78 is 12.5. The zero-order valence-electron chi connectivity index (χ0n) is 20.2. The number of aromatic nitrogens is 2. The molecule has 1 saturated carbocycles. The molecule has 1 aromatic heterocycles. The van der Waals surface area contributed by atoms with Crippen LogP contribution in [0.25, 0.3) is 10.9 Å². The first-order valence-corrected chi connectivity index (χ1v) is 12.5. The molecule has 0 saturated heterocycles. The molecule has 11 nitrogen and oxygen atoms in total. The summed E-state index contributed by atoms with van der Waals surface area (Å²) in [6.45, 7) is 1.26. The van der Waals surface area contributed by atoms with Crippen molar-refractivity contribution < 1.29 is 24.3 Å². The fourth-order valence-corrected chi connectivity index (χ4v) is 4.70. The third-order valence-electron chi connectivity index (χ3n) is 6.24. The van der Waals surface area contributed by atoms with Crippen molar-refractivity contribution in [2.45, 2.75) is 51.0 Å². The lowest BCUT2D eigenvalue weighted by atomic mass is 9.88. The van der Waals surface area contributed by atoms with E-state index in [9.17, 15) is 19.7 Å². The lowest BCUT2D eigenvalue weighted by Crippen LogP contribution is -2.25. The number of rotatable bonds is 8. The summed E-state index contributed by atoms with van der Waals surface area (Å²) in [5.74, 6) is -1.02. The Labute approximate surface area is 220 Å². The number of carboxylic acid groups (broad SMARTS) is 1. The van der Waals surface area contributed by atoms with E-state index in [1.165, 1.54) is 37.1 Å². The van der Waals surface area contributed by atoms with Gasteiger partial charge in [0.1, 0.15) is 5.82 Å². The number of hydrogen-bond acceptors (Lipinski definition) is 8. The second-order valence-electron chi connectivity index (χ2n) is 8.75. The maximum absolute atomic E-state index is 13.5. The summed E-state index contributed by atoms with van der Waals surface area (Å²) in [6.07, 6.45) is 4.94. The maximum Gasteiger partial charge on any atom is 0.344 e. The Morgan fingerprint density at radius 1 is 1.30 bits per heavy atom. The van der Waals surface area contributed by atoms with Crippen LogP contribution in [0, 0.1) is 10.1 Å². The van der Waals surface area contributed by atoms with Crippen LogP contribution in [0.4, 0.5) is 5.69 Å². The summed E-state index contributed by atoms with van der Waals surface area (Å²) in [7, 11) is 1.29. The van der Waals surface area contributed by atoms with Crippen LogP contribution in [0.2, 0.25) is 0 Å². The lowest BCUT2D eigenvalue weighted by molar-refractivity contribution is -0.386. The number of nitrogens with zero attached hydrogens (tertiary/aromatic N) is 4. The minimum atomic E-state index is -1.34. The predicted octanol–water partition coefficient (Wildman–Crippen LogP) is 4.86. The Hall–Kier alpha value is -3.80. The highest BCUT2D eigenvalue weighted by atomic mass is 79.9. The van der Waals surface area contributed by atoms with Crippen LogP contribution in [-0.2, 0) is 4.79 Å². The largest absolute Gasteiger partial charge is 0.493 e. The number of halogens is 1. The summed E-state index contributed by atoms with van der Waals surface area (Å²) in [5.41, 5.74) is -0.00423. The number of carbonyl (C=O) groups is 1. The second-order valence-corrected chi connectivity index (χ2v) is 9.67. The van der Waals surface area contributed by atoms with E-state index < -0.39 is 22.7 Å². The molecule has 0 amide bonds. The van der Waals surface area contributed by atoms with Crippen molar-refractivity contribution in [2.75, 3.05) is 7.11 Å². The standard InChI is InChI=1S/C25H25BrN4O7/c1-14(25(32)33)37-22-20(30(34)35)10-15(11-21(22)36-2)13-27-29-23(16-6-4-3-5-7-16)28-19-9-8-17(26)12-18(19)24(29)31/h8-14,16H,3-7H2,1-2H3,(H,32,33)/t14-/m0/s1. The van der Waals surface area contributed by atoms with Crippen molar-refractivity contribution in [1.29, 1.82) is 0 Å². The number of carboxylic acids is 1. The zero-order chi connectivity index (χ0) is 26.7. The minimum absolute atomic E-state index is 0.0378. The van der Waals surface area contributed by atoms with Gasteiger partial charge in [-0.05, 0) is 44.0 Å². The molecular formula is C25H25BrN4O7. The number of methoxy groups -OCH3 is 1. The first-order valence-electron chi connectivity index (χ1n) is 11.7. The molecule has 3 aromatic rings. The number of aliphatic carboxylic acids is 1. The molecule has 37 heavy (non-hydrogen) atoms. The van der Waals surface area contributed by atoms with E-state index in [1.807, 2.05) is 6.07 Å². The maximum atomic E-state index is 13.5. The van der Waals surface area contributed by atoms with E-state index in [-0.39, 0.29) is 28.5 Å². The van der Waals surface area contributed by atoms with Crippen LogP contribution in [0.15, 0.2) is 44.7 Å². The van der Waals surface area contributed by atoms with Gasteiger partial charge in [-0.25, -0.2) is 9.78 Å². The molecule has 0 bridgehead atoms. The summed E-state index contributed by atoms with van der Waals surface area (Å²) in [4.78, 5) is 40.6. The molecule has 0 unspecified atom stereocenters. The van der Waals surface area contributed by atoms with Crippen LogP contribution < -0.4 is 15.0 Å². The lowest BCUT2D eigenvalue weighted by Gasteiger charge is -2.22. The number of fused-ring (bicyclic) bond motifs is 1. The molecule has 1 N–H and O–H groups in total. The van der Waals surface area contributed by atoms with Gasteiger partial charge in [-0.3, -0.25) is 14.9 Å². The monoisotopic (exact) mass is 572 g/mol. The van der Waals surface area contributed by atoms with Crippen molar-refractivity contribution in [1.82, 2.24) is 9.66 Å². The number of hydrogen-bond donors (Lipinski definition) is 1. The van der Waals surface area contributed by atoms with Crippen molar-refractivity contribution in [2.24, 2.45) is 5.10 Å². The molecule has 1 atom stereocenters. The average Bonchev–Trinajstić information content (AvgIpc) is 2.89. The molecule has 1 heterocycles. The smallest absolute Gasteiger partial charge is 0.344 e. The van der Waals surface area contributed by atoms with Crippen molar-refractivity contribution in [3.8, 4) is 11.5 Å². The molecular weight excluding hydrogens is 548 g/mol. The Balaban J connectivity index is 1.83. The summed E-state index contributed by atoms with van der Waals surface area (Å²) >= 11 is 3.39. The van der Waals surface area contributed by atoms with Gasteiger partial charge in [-0.15, -0.1) is 0 Å². The van der Waals surface area contributed by atoms with Crippen molar-refractivity contribution in [3.63, 3.8) is 0 Å². The van der Waals surface area contributed by atoms with E-state index >= 15 is 0 Å². The fraction of sp³-hybridized carbons (Fsp3) is 0.360. The number of ether oxygens (including phenoxy) is 2. The summed E-state index contributed by atoms with van der Waals surface area (Å²) in [5, 5.41) is 25.7. The topological polar surface area (TPSA) is 146 Å². The molecule has 194 valence electrons. The number of nitro groups is 1. The van der Waals surface area contributed by atoms with E-state index in [4.69, 9.17) is 19.6 Å². The van der Waals surface area contributed by atoms with Crippen LogP contribution in [0.1, 0.15) is 56.3 Å². The summed E-state index contributed by atoms with van der Waals surface area (Å²) in [6, 6.07) is 7.91.